The van der Waals surface area contributed by atoms with Gasteiger partial charge in [-0.15, -0.1) is 0 Å². The summed E-state index contributed by atoms with van der Waals surface area (Å²) in [5.41, 5.74) is 3.23. The molecule has 144 valence electrons. The van der Waals surface area contributed by atoms with Gasteiger partial charge in [0.25, 0.3) is 5.91 Å². The molecule has 29 heavy (non-hydrogen) atoms. The third kappa shape index (κ3) is 3.81. The Morgan fingerprint density at radius 3 is 2.86 bits per heavy atom. The predicted molar refractivity (Wildman–Crippen MR) is 112 cm³/mol. The second kappa shape index (κ2) is 8.11. The third-order valence-corrected chi connectivity index (χ3v) is 5.14. The number of nitrogens with zero attached hydrogens (tertiary/aromatic N) is 5. The molecule has 0 spiro atoms. The summed E-state index contributed by atoms with van der Waals surface area (Å²) in [5.74, 6) is -0.128. The molecule has 0 N–H and O–H groups in total. The number of hydrazone groups is 1. The van der Waals surface area contributed by atoms with E-state index in [2.05, 4.69) is 22.8 Å². The van der Waals surface area contributed by atoms with Crippen molar-refractivity contribution >= 4 is 23.0 Å². The summed E-state index contributed by atoms with van der Waals surface area (Å²) in [5, 5.41) is 20.2. The van der Waals surface area contributed by atoms with Gasteiger partial charge in [-0.2, -0.15) is 15.5 Å². The number of benzene rings is 2. The van der Waals surface area contributed by atoms with Gasteiger partial charge in [0.1, 0.15) is 0 Å². The minimum absolute atomic E-state index is 0.0650. The summed E-state index contributed by atoms with van der Waals surface area (Å²) < 4.78 is 1.90. The molecule has 6 heteroatoms. The maximum absolute atomic E-state index is 12.9. The van der Waals surface area contributed by atoms with E-state index in [4.69, 9.17) is 5.26 Å². The molecule has 0 fully saturated rings. The van der Waals surface area contributed by atoms with Crippen molar-refractivity contribution < 1.29 is 4.79 Å². The van der Waals surface area contributed by atoms with Gasteiger partial charge >= 0.3 is 0 Å². The van der Waals surface area contributed by atoms with Crippen LogP contribution in [0.5, 0.6) is 0 Å². The van der Waals surface area contributed by atoms with Crippen molar-refractivity contribution in [1.82, 2.24) is 14.8 Å². The van der Waals surface area contributed by atoms with Gasteiger partial charge in [0, 0.05) is 30.1 Å². The Bertz CT molecular complexity index is 1120. The summed E-state index contributed by atoms with van der Waals surface area (Å²) in [4.78, 5) is 12.9. The summed E-state index contributed by atoms with van der Waals surface area (Å²) >= 11 is 0. The van der Waals surface area contributed by atoms with Crippen LogP contribution in [0.3, 0.4) is 0 Å². The molecule has 1 aliphatic rings. The third-order valence-electron chi connectivity index (χ3n) is 5.14. The van der Waals surface area contributed by atoms with Crippen molar-refractivity contribution in [1.29, 1.82) is 5.26 Å². The number of carbonyl (C=O) groups is 1. The van der Waals surface area contributed by atoms with E-state index in [0.717, 1.165) is 22.9 Å². The molecule has 2 heterocycles. The first-order valence-corrected chi connectivity index (χ1v) is 9.62. The maximum Gasteiger partial charge on any atom is 0.269 e. The van der Waals surface area contributed by atoms with E-state index >= 15 is 0 Å². The van der Waals surface area contributed by atoms with Crippen LogP contribution in [0.1, 0.15) is 36.4 Å². The summed E-state index contributed by atoms with van der Waals surface area (Å²) in [6, 6.07) is 17.5. The average Bonchev–Trinajstić information content (AvgIpc) is 3.40. The van der Waals surface area contributed by atoms with Crippen molar-refractivity contribution in [3.8, 4) is 6.07 Å². The standard InChI is InChI=1S/C23H21N5O/c1-17(23(29)28-22(11-12-25-28)19-7-3-2-4-8-19)6-5-13-27-21-10-9-18(15-24)14-20(21)16-26-27/h2-4,7-10,12,14,16,22H,1,5-6,11,13H2. The Hall–Kier alpha value is -3.72. The highest BCUT2D eigenvalue weighted by Crippen LogP contribution is 2.29. The Kier molecular flexibility index (Phi) is 5.21. The minimum atomic E-state index is -0.128. The van der Waals surface area contributed by atoms with Crippen LogP contribution in [-0.4, -0.2) is 26.9 Å². The van der Waals surface area contributed by atoms with E-state index in [1.54, 1.807) is 23.5 Å². The van der Waals surface area contributed by atoms with Crippen LogP contribution >= 0.6 is 0 Å². The Balaban J connectivity index is 1.37. The molecule has 0 aliphatic carbocycles. The van der Waals surface area contributed by atoms with Crippen LogP contribution < -0.4 is 0 Å². The maximum atomic E-state index is 12.9. The predicted octanol–water partition coefficient (Wildman–Crippen LogP) is 4.20. The lowest BCUT2D eigenvalue weighted by molar-refractivity contribution is -0.129. The minimum Gasteiger partial charge on any atom is -0.268 e. The fraction of sp³-hybridized carbons (Fsp3) is 0.217. The molecule has 1 unspecified atom stereocenters. The molecular weight excluding hydrogens is 362 g/mol. The Labute approximate surface area is 169 Å². The molecule has 3 aromatic rings. The molecule has 0 saturated carbocycles. The number of carbonyl (C=O) groups excluding carboxylic acids is 1. The molecule has 0 saturated heterocycles. The van der Waals surface area contributed by atoms with Gasteiger partial charge in [0.05, 0.1) is 29.4 Å². The van der Waals surface area contributed by atoms with E-state index in [0.29, 0.717) is 30.5 Å². The van der Waals surface area contributed by atoms with Gasteiger partial charge in [-0.3, -0.25) is 9.48 Å². The molecule has 4 rings (SSSR count). The number of hydrogen-bond acceptors (Lipinski definition) is 4. The van der Waals surface area contributed by atoms with Crippen molar-refractivity contribution in [2.24, 2.45) is 5.10 Å². The highest BCUT2D eigenvalue weighted by atomic mass is 16.2. The Morgan fingerprint density at radius 1 is 1.24 bits per heavy atom. The first-order chi connectivity index (χ1) is 14.2. The van der Waals surface area contributed by atoms with Crippen LogP contribution in [0.15, 0.2) is 72.0 Å². The van der Waals surface area contributed by atoms with Gasteiger partial charge in [-0.1, -0.05) is 36.9 Å². The number of rotatable bonds is 6. The summed E-state index contributed by atoms with van der Waals surface area (Å²) in [6.07, 6.45) is 5.58. The Morgan fingerprint density at radius 2 is 2.07 bits per heavy atom. The zero-order valence-electron chi connectivity index (χ0n) is 16.0. The first kappa shape index (κ1) is 18.6. The highest BCUT2D eigenvalue weighted by Gasteiger charge is 2.29. The molecule has 1 amide bonds. The lowest BCUT2D eigenvalue weighted by atomic mass is 10.0. The molecule has 2 aromatic carbocycles. The van der Waals surface area contributed by atoms with Crippen LogP contribution in [0.25, 0.3) is 10.9 Å². The highest BCUT2D eigenvalue weighted by molar-refractivity contribution is 5.94. The van der Waals surface area contributed by atoms with Crippen molar-refractivity contribution in [2.75, 3.05) is 0 Å². The van der Waals surface area contributed by atoms with Gasteiger partial charge in [-0.05, 0) is 36.6 Å². The van der Waals surface area contributed by atoms with Crippen LogP contribution in [-0.2, 0) is 11.3 Å². The van der Waals surface area contributed by atoms with Gasteiger partial charge in [-0.25, -0.2) is 5.01 Å². The molecular formula is C23H21N5O. The van der Waals surface area contributed by atoms with Crippen LogP contribution in [0.4, 0.5) is 0 Å². The normalized spacial score (nSPS) is 15.6. The topological polar surface area (TPSA) is 74.3 Å². The largest absolute Gasteiger partial charge is 0.269 e. The fourth-order valence-corrected chi connectivity index (χ4v) is 3.61. The number of nitriles is 1. The van der Waals surface area contributed by atoms with Crippen LogP contribution in [0.2, 0.25) is 0 Å². The summed E-state index contributed by atoms with van der Waals surface area (Å²) in [6.45, 7) is 4.67. The van der Waals surface area contributed by atoms with Crippen molar-refractivity contribution in [3.05, 3.63) is 78.0 Å². The first-order valence-electron chi connectivity index (χ1n) is 9.62. The lowest BCUT2D eigenvalue weighted by Crippen LogP contribution is -2.28. The quantitative estimate of drug-likeness (QED) is 0.599. The van der Waals surface area contributed by atoms with Gasteiger partial charge < -0.3 is 0 Å². The smallest absolute Gasteiger partial charge is 0.268 e. The van der Waals surface area contributed by atoms with E-state index in [9.17, 15) is 4.79 Å². The zero-order chi connectivity index (χ0) is 20.2. The zero-order valence-corrected chi connectivity index (χ0v) is 16.0. The second-order valence-corrected chi connectivity index (χ2v) is 7.07. The molecule has 0 bridgehead atoms. The van der Waals surface area contributed by atoms with E-state index in [1.165, 1.54) is 0 Å². The number of fused-ring (bicyclic) bond motifs is 1. The van der Waals surface area contributed by atoms with Gasteiger partial charge in [0.2, 0.25) is 0 Å². The molecule has 1 atom stereocenters. The number of aryl methyl sites for hydroxylation is 1. The lowest BCUT2D eigenvalue weighted by Gasteiger charge is -2.23. The van der Waals surface area contributed by atoms with Crippen molar-refractivity contribution in [3.63, 3.8) is 0 Å². The fourth-order valence-electron chi connectivity index (χ4n) is 3.61. The second-order valence-electron chi connectivity index (χ2n) is 7.07. The molecule has 6 nitrogen and oxygen atoms in total. The van der Waals surface area contributed by atoms with Gasteiger partial charge in [0.15, 0.2) is 0 Å². The number of amides is 1. The van der Waals surface area contributed by atoms with E-state index in [-0.39, 0.29) is 11.9 Å². The monoisotopic (exact) mass is 383 g/mol. The summed E-state index contributed by atoms with van der Waals surface area (Å²) in [7, 11) is 0. The van der Waals surface area contributed by atoms with Crippen molar-refractivity contribution in [2.45, 2.75) is 31.8 Å². The number of aromatic nitrogens is 2. The van der Waals surface area contributed by atoms with E-state index in [1.807, 2.05) is 47.1 Å². The molecule has 0 radical (unpaired) electrons. The number of hydrogen-bond donors (Lipinski definition) is 0. The SMILES string of the molecule is C=C(CCCn1ncc2cc(C#N)ccc21)C(=O)N1N=CCC1c1ccccc1. The van der Waals surface area contributed by atoms with E-state index < -0.39 is 0 Å². The average molecular weight is 383 g/mol. The molecule has 1 aromatic heterocycles. The molecule has 1 aliphatic heterocycles. The van der Waals surface area contributed by atoms with Crippen LogP contribution in [0, 0.1) is 11.3 Å².